The molecule has 3 aromatic rings. The highest BCUT2D eigenvalue weighted by atomic mass is 79.9. The molecule has 2 nitrogen and oxygen atoms in total. The summed E-state index contributed by atoms with van der Waals surface area (Å²) < 4.78 is 6.28. The van der Waals surface area contributed by atoms with E-state index in [1.807, 2.05) is 43.3 Å². The molecular weight excluding hydrogens is 364 g/mol. The Hall–Kier alpha value is -2.39. The van der Waals surface area contributed by atoms with Gasteiger partial charge in [-0.15, -0.1) is 0 Å². The van der Waals surface area contributed by atoms with Crippen molar-refractivity contribution in [2.24, 2.45) is 0 Å². The third kappa shape index (κ3) is 3.57. The molecule has 0 spiro atoms. The van der Waals surface area contributed by atoms with Crippen LogP contribution in [0.4, 0.5) is 0 Å². The predicted octanol–water partition coefficient (Wildman–Crippen LogP) is 5.95. The molecule has 0 aliphatic heterocycles. The van der Waals surface area contributed by atoms with Gasteiger partial charge < -0.3 is 4.74 Å². The Balaban J connectivity index is 1.84. The third-order valence-corrected chi connectivity index (χ3v) is 4.55. The molecule has 3 aromatic carbocycles. The lowest BCUT2D eigenvalue weighted by Gasteiger charge is -2.10. The van der Waals surface area contributed by atoms with Crippen molar-refractivity contribution >= 4 is 21.9 Å². The molecule has 0 amide bonds. The van der Waals surface area contributed by atoms with Gasteiger partial charge in [0, 0.05) is 4.47 Å². The van der Waals surface area contributed by atoms with Gasteiger partial charge in [-0.2, -0.15) is 0 Å². The smallest absolute Gasteiger partial charge is 0.344 e. The Labute approximate surface area is 150 Å². The number of esters is 1. The van der Waals surface area contributed by atoms with Crippen molar-refractivity contribution in [3.63, 3.8) is 0 Å². The van der Waals surface area contributed by atoms with Gasteiger partial charge in [-0.3, -0.25) is 0 Å². The summed E-state index contributed by atoms with van der Waals surface area (Å²) in [6, 6.07) is 21.5. The number of hydrogen-bond donors (Lipinski definition) is 0. The van der Waals surface area contributed by atoms with Crippen LogP contribution in [0.15, 0.2) is 71.2 Å². The zero-order valence-electron chi connectivity index (χ0n) is 13.5. The van der Waals surface area contributed by atoms with Gasteiger partial charge in [0.25, 0.3) is 0 Å². The fraction of sp³-hybridized carbons (Fsp3) is 0.0952. The van der Waals surface area contributed by atoms with E-state index in [9.17, 15) is 4.79 Å². The average Bonchev–Trinajstić information content (AvgIpc) is 2.57. The number of carbonyl (C=O) groups excluding carboxylic acids is 1. The van der Waals surface area contributed by atoms with Crippen LogP contribution in [0.3, 0.4) is 0 Å². The first-order valence-corrected chi connectivity index (χ1v) is 8.48. The maximum Gasteiger partial charge on any atom is 0.344 e. The lowest BCUT2D eigenvalue weighted by molar-refractivity contribution is 0.0732. The fourth-order valence-electron chi connectivity index (χ4n) is 2.47. The summed E-state index contributed by atoms with van der Waals surface area (Å²) in [5.41, 5.74) is 4.92. The van der Waals surface area contributed by atoms with Crippen molar-refractivity contribution in [1.29, 1.82) is 0 Å². The monoisotopic (exact) mass is 380 g/mol. The molecule has 0 N–H and O–H groups in total. The van der Waals surface area contributed by atoms with Gasteiger partial charge in [0.05, 0.1) is 5.56 Å². The summed E-state index contributed by atoms with van der Waals surface area (Å²) in [6.07, 6.45) is 0. The maximum atomic E-state index is 12.3. The normalized spacial score (nSPS) is 10.5. The number of hydrogen-bond acceptors (Lipinski definition) is 2. The molecule has 0 bridgehead atoms. The largest absolute Gasteiger partial charge is 0.423 e. The van der Waals surface area contributed by atoms with E-state index in [0.717, 1.165) is 21.2 Å². The molecule has 0 aliphatic rings. The molecule has 0 radical (unpaired) electrons. The Kier molecular flexibility index (Phi) is 4.81. The van der Waals surface area contributed by atoms with Gasteiger partial charge in [0.15, 0.2) is 0 Å². The van der Waals surface area contributed by atoms with Gasteiger partial charge in [0.2, 0.25) is 0 Å². The maximum absolute atomic E-state index is 12.3. The van der Waals surface area contributed by atoms with Crippen LogP contribution in [0.25, 0.3) is 11.1 Å². The number of ether oxygens (including phenoxy) is 1. The standard InChI is InChI=1S/C21H17BrO2/c1-14-7-9-16(10-8-14)17-11-12-20(15(2)13-17)24-21(23)18-5-3-4-6-19(18)22/h3-13H,1-2H3. The van der Waals surface area contributed by atoms with Crippen LogP contribution in [0.5, 0.6) is 5.75 Å². The van der Waals surface area contributed by atoms with Crippen molar-refractivity contribution in [2.75, 3.05) is 0 Å². The van der Waals surface area contributed by atoms with Gasteiger partial charge >= 0.3 is 5.97 Å². The number of rotatable bonds is 3. The van der Waals surface area contributed by atoms with Gasteiger partial charge in [0.1, 0.15) is 5.75 Å². The van der Waals surface area contributed by atoms with E-state index < -0.39 is 0 Å². The van der Waals surface area contributed by atoms with Gasteiger partial charge in [-0.1, -0.05) is 48.0 Å². The number of benzene rings is 3. The predicted molar refractivity (Wildman–Crippen MR) is 100 cm³/mol. The van der Waals surface area contributed by atoms with Crippen LogP contribution in [-0.2, 0) is 0 Å². The number of aryl methyl sites for hydroxylation is 2. The second-order valence-electron chi connectivity index (χ2n) is 5.72. The highest BCUT2D eigenvalue weighted by Crippen LogP contribution is 2.27. The minimum atomic E-state index is -0.367. The first-order chi connectivity index (χ1) is 11.5. The molecule has 120 valence electrons. The highest BCUT2D eigenvalue weighted by Gasteiger charge is 2.13. The van der Waals surface area contributed by atoms with E-state index >= 15 is 0 Å². The zero-order chi connectivity index (χ0) is 17.1. The Morgan fingerprint density at radius 3 is 2.21 bits per heavy atom. The number of carbonyl (C=O) groups is 1. The summed E-state index contributed by atoms with van der Waals surface area (Å²) in [6.45, 7) is 4.01. The molecule has 3 rings (SSSR count). The topological polar surface area (TPSA) is 26.3 Å². The fourth-order valence-corrected chi connectivity index (χ4v) is 2.92. The second kappa shape index (κ2) is 7.02. The van der Waals surface area contributed by atoms with Crippen molar-refractivity contribution in [3.8, 4) is 16.9 Å². The SMILES string of the molecule is Cc1ccc(-c2ccc(OC(=O)c3ccccc3Br)c(C)c2)cc1. The van der Waals surface area contributed by atoms with E-state index in [2.05, 4.69) is 47.1 Å². The average molecular weight is 381 g/mol. The molecule has 3 heteroatoms. The minimum absolute atomic E-state index is 0.367. The van der Waals surface area contributed by atoms with E-state index in [4.69, 9.17) is 4.74 Å². The zero-order valence-corrected chi connectivity index (χ0v) is 15.1. The van der Waals surface area contributed by atoms with Gasteiger partial charge in [-0.05, 0) is 70.7 Å². The molecule has 0 unspecified atom stereocenters. The van der Waals surface area contributed by atoms with E-state index in [1.165, 1.54) is 5.56 Å². The summed E-state index contributed by atoms with van der Waals surface area (Å²) in [5.74, 6) is 0.209. The second-order valence-corrected chi connectivity index (χ2v) is 6.57. The first-order valence-electron chi connectivity index (χ1n) is 7.69. The lowest BCUT2D eigenvalue weighted by Crippen LogP contribution is -2.10. The minimum Gasteiger partial charge on any atom is -0.423 e. The molecule has 0 heterocycles. The van der Waals surface area contributed by atoms with Crippen LogP contribution < -0.4 is 4.74 Å². The van der Waals surface area contributed by atoms with Crippen molar-refractivity contribution in [3.05, 3.63) is 87.9 Å². The molecule has 0 fully saturated rings. The Bertz CT molecular complexity index is 883. The Morgan fingerprint density at radius 2 is 1.54 bits per heavy atom. The summed E-state index contributed by atoms with van der Waals surface area (Å²) in [4.78, 5) is 12.3. The molecular formula is C21H17BrO2. The molecule has 0 saturated carbocycles. The van der Waals surface area contributed by atoms with Crippen LogP contribution in [0.2, 0.25) is 0 Å². The van der Waals surface area contributed by atoms with Crippen molar-refractivity contribution < 1.29 is 9.53 Å². The van der Waals surface area contributed by atoms with Crippen LogP contribution in [0.1, 0.15) is 21.5 Å². The highest BCUT2D eigenvalue weighted by molar-refractivity contribution is 9.10. The van der Waals surface area contributed by atoms with Crippen LogP contribution >= 0.6 is 15.9 Å². The quantitative estimate of drug-likeness (QED) is 0.414. The van der Waals surface area contributed by atoms with Gasteiger partial charge in [-0.25, -0.2) is 4.79 Å². The number of halogens is 1. The van der Waals surface area contributed by atoms with Crippen LogP contribution in [-0.4, -0.2) is 5.97 Å². The van der Waals surface area contributed by atoms with Crippen molar-refractivity contribution in [1.82, 2.24) is 0 Å². The van der Waals surface area contributed by atoms with E-state index in [1.54, 1.807) is 6.07 Å². The van der Waals surface area contributed by atoms with E-state index in [0.29, 0.717) is 11.3 Å². The molecule has 0 atom stereocenters. The molecule has 0 saturated heterocycles. The summed E-state index contributed by atoms with van der Waals surface area (Å²) in [5, 5.41) is 0. The van der Waals surface area contributed by atoms with Crippen molar-refractivity contribution in [2.45, 2.75) is 13.8 Å². The molecule has 0 aromatic heterocycles. The first kappa shape index (κ1) is 16.5. The third-order valence-electron chi connectivity index (χ3n) is 3.86. The Morgan fingerprint density at radius 1 is 0.875 bits per heavy atom. The van der Waals surface area contributed by atoms with E-state index in [-0.39, 0.29) is 5.97 Å². The summed E-state index contributed by atoms with van der Waals surface area (Å²) >= 11 is 3.38. The molecule has 24 heavy (non-hydrogen) atoms. The molecule has 0 aliphatic carbocycles. The lowest BCUT2D eigenvalue weighted by atomic mass is 10.0. The summed E-state index contributed by atoms with van der Waals surface area (Å²) in [7, 11) is 0. The van der Waals surface area contributed by atoms with Crippen LogP contribution in [0, 0.1) is 13.8 Å².